The van der Waals surface area contributed by atoms with Gasteiger partial charge < -0.3 is 15.2 Å². The van der Waals surface area contributed by atoms with Crippen molar-refractivity contribution < 1.29 is 15.0 Å². The van der Waals surface area contributed by atoms with Gasteiger partial charge in [-0.2, -0.15) is 4.98 Å². The average Bonchev–Trinajstić information content (AvgIpc) is 2.12. The molecule has 3 N–H and O–H groups in total. The largest absolute Gasteiger partial charge is 0.493 e. The molecule has 0 saturated carbocycles. The van der Waals surface area contributed by atoms with Gasteiger partial charge in [0.2, 0.25) is 5.88 Å². The SMILES string of the molecule is CC(C)c1c(O)nc(SCC(=O)O)[nH]c1=O. The van der Waals surface area contributed by atoms with E-state index in [1.54, 1.807) is 13.8 Å². The van der Waals surface area contributed by atoms with E-state index in [0.717, 1.165) is 11.8 Å². The van der Waals surface area contributed by atoms with Gasteiger partial charge in [-0.15, -0.1) is 0 Å². The van der Waals surface area contributed by atoms with Crippen LogP contribution in [0.25, 0.3) is 0 Å². The molecule has 0 aliphatic carbocycles. The Kier molecular flexibility index (Phi) is 3.94. The Hall–Kier alpha value is -1.50. The highest BCUT2D eigenvalue weighted by Gasteiger charge is 2.14. The van der Waals surface area contributed by atoms with Crippen LogP contribution in [0, 0.1) is 0 Å². The van der Waals surface area contributed by atoms with E-state index in [1.807, 2.05) is 0 Å². The molecule has 0 bridgehead atoms. The maximum atomic E-state index is 11.5. The number of thioether (sulfide) groups is 1. The predicted octanol–water partition coefficient (Wildman–Crippen LogP) is 0.776. The number of nitrogens with zero attached hydrogens (tertiary/aromatic N) is 1. The van der Waals surface area contributed by atoms with Crippen molar-refractivity contribution in [3.63, 3.8) is 0 Å². The maximum Gasteiger partial charge on any atom is 0.313 e. The van der Waals surface area contributed by atoms with Crippen LogP contribution >= 0.6 is 11.8 Å². The third kappa shape index (κ3) is 2.99. The van der Waals surface area contributed by atoms with Crippen LogP contribution in [0.4, 0.5) is 0 Å². The minimum absolute atomic E-state index is 0.106. The molecular weight excluding hydrogens is 232 g/mol. The molecule has 0 saturated heterocycles. The van der Waals surface area contributed by atoms with Gasteiger partial charge in [0.05, 0.1) is 11.3 Å². The summed E-state index contributed by atoms with van der Waals surface area (Å²) < 4.78 is 0. The summed E-state index contributed by atoms with van der Waals surface area (Å²) in [7, 11) is 0. The van der Waals surface area contributed by atoms with Gasteiger partial charge in [-0.3, -0.25) is 9.59 Å². The zero-order valence-electron chi connectivity index (χ0n) is 8.85. The smallest absolute Gasteiger partial charge is 0.313 e. The molecular formula is C9H12N2O4S. The second-order valence-electron chi connectivity index (χ2n) is 3.45. The Balaban J connectivity index is 3.01. The number of nitrogens with one attached hydrogen (secondary N) is 1. The number of rotatable bonds is 4. The molecule has 1 aromatic rings. The first kappa shape index (κ1) is 12.6. The van der Waals surface area contributed by atoms with Crippen LogP contribution in [0.1, 0.15) is 25.3 Å². The van der Waals surface area contributed by atoms with Crippen molar-refractivity contribution in [2.45, 2.75) is 24.9 Å². The molecule has 16 heavy (non-hydrogen) atoms. The third-order valence-electron chi connectivity index (χ3n) is 1.82. The third-order valence-corrected chi connectivity index (χ3v) is 2.68. The van der Waals surface area contributed by atoms with E-state index in [-0.39, 0.29) is 28.3 Å². The van der Waals surface area contributed by atoms with Gasteiger partial charge in [0, 0.05) is 0 Å². The maximum absolute atomic E-state index is 11.5. The van der Waals surface area contributed by atoms with Crippen LogP contribution in [0.3, 0.4) is 0 Å². The molecule has 1 heterocycles. The van der Waals surface area contributed by atoms with E-state index >= 15 is 0 Å². The molecule has 1 rings (SSSR count). The highest BCUT2D eigenvalue weighted by Crippen LogP contribution is 2.21. The van der Waals surface area contributed by atoms with Gasteiger partial charge in [0.25, 0.3) is 5.56 Å². The number of carboxylic acids is 1. The molecule has 88 valence electrons. The zero-order valence-corrected chi connectivity index (χ0v) is 9.67. The molecule has 0 radical (unpaired) electrons. The van der Waals surface area contributed by atoms with E-state index in [1.165, 1.54) is 0 Å². The van der Waals surface area contributed by atoms with Crippen molar-refractivity contribution in [3.05, 3.63) is 15.9 Å². The molecule has 0 spiro atoms. The molecule has 6 nitrogen and oxygen atoms in total. The number of aromatic nitrogens is 2. The van der Waals surface area contributed by atoms with Crippen LogP contribution in [-0.2, 0) is 4.79 Å². The topological polar surface area (TPSA) is 103 Å². The number of hydrogen-bond donors (Lipinski definition) is 3. The van der Waals surface area contributed by atoms with Crippen LogP contribution in [0.15, 0.2) is 9.95 Å². The molecule has 0 unspecified atom stereocenters. The lowest BCUT2D eigenvalue weighted by atomic mass is 10.1. The Morgan fingerprint density at radius 3 is 2.62 bits per heavy atom. The normalized spacial score (nSPS) is 10.7. The molecule has 0 amide bonds. The predicted molar refractivity (Wildman–Crippen MR) is 59.0 cm³/mol. The number of hydrogen-bond acceptors (Lipinski definition) is 5. The van der Waals surface area contributed by atoms with E-state index in [4.69, 9.17) is 5.11 Å². The highest BCUT2D eigenvalue weighted by atomic mass is 32.2. The first-order valence-electron chi connectivity index (χ1n) is 4.59. The first-order valence-corrected chi connectivity index (χ1v) is 5.58. The summed E-state index contributed by atoms with van der Waals surface area (Å²) in [6.07, 6.45) is 0. The van der Waals surface area contributed by atoms with Gasteiger partial charge in [-0.05, 0) is 5.92 Å². The second-order valence-corrected chi connectivity index (χ2v) is 4.41. The number of aliphatic carboxylic acids is 1. The summed E-state index contributed by atoms with van der Waals surface area (Å²) in [6.45, 7) is 3.52. The van der Waals surface area contributed by atoms with Crippen molar-refractivity contribution in [3.8, 4) is 5.88 Å². The quantitative estimate of drug-likeness (QED) is 0.534. The zero-order chi connectivity index (χ0) is 12.3. The Morgan fingerprint density at radius 2 is 2.19 bits per heavy atom. The van der Waals surface area contributed by atoms with Crippen LogP contribution in [-0.4, -0.2) is 31.9 Å². The lowest BCUT2D eigenvalue weighted by Gasteiger charge is -2.07. The minimum Gasteiger partial charge on any atom is -0.493 e. The van der Waals surface area contributed by atoms with Crippen molar-refractivity contribution in [1.82, 2.24) is 9.97 Å². The van der Waals surface area contributed by atoms with E-state index < -0.39 is 11.5 Å². The summed E-state index contributed by atoms with van der Waals surface area (Å²) in [5, 5.41) is 18.1. The molecule has 0 fully saturated rings. The summed E-state index contributed by atoms with van der Waals surface area (Å²) in [5.74, 6) is -1.72. The monoisotopic (exact) mass is 244 g/mol. The Bertz CT molecular complexity index is 455. The van der Waals surface area contributed by atoms with Crippen molar-refractivity contribution in [1.29, 1.82) is 0 Å². The summed E-state index contributed by atoms with van der Waals surface area (Å²) in [6, 6.07) is 0. The molecule has 0 atom stereocenters. The van der Waals surface area contributed by atoms with Gasteiger partial charge in [0.1, 0.15) is 0 Å². The lowest BCUT2D eigenvalue weighted by Crippen LogP contribution is -2.16. The first-order chi connectivity index (χ1) is 7.41. The van der Waals surface area contributed by atoms with Crippen molar-refractivity contribution in [2.24, 2.45) is 0 Å². The van der Waals surface area contributed by atoms with Crippen molar-refractivity contribution >= 4 is 17.7 Å². The summed E-state index contributed by atoms with van der Waals surface area (Å²) >= 11 is 0.851. The number of carboxylic acid groups (broad SMARTS) is 1. The number of aromatic amines is 1. The standard InChI is InChI=1S/C9H12N2O4S/c1-4(2)6-7(14)10-9(11-8(6)15)16-3-5(12)13/h4H,3H2,1-2H3,(H,12,13)(H2,10,11,14,15). The number of H-pyrrole nitrogens is 1. The summed E-state index contributed by atoms with van der Waals surface area (Å²) in [4.78, 5) is 28.0. The number of carbonyl (C=O) groups is 1. The fourth-order valence-corrected chi connectivity index (χ4v) is 1.75. The van der Waals surface area contributed by atoms with E-state index in [0.29, 0.717) is 0 Å². The Labute approximate surface area is 95.7 Å². The molecule has 7 heteroatoms. The lowest BCUT2D eigenvalue weighted by molar-refractivity contribution is -0.133. The molecule has 1 aromatic heterocycles. The van der Waals surface area contributed by atoms with Gasteiger partial charge in [0.15, 0.2) is 5.16 Å². The van der Waals surface area contributed by atoms with E-state index in [9.17, 15) is 14.7 Å². The molecule has 0 aliphatic rings. The average molecular weight is 244 g/mol. The van der Waals surface area contributed by atoms with Crippen LogP contribution < -0.4 is 5.56 Å². The van der Waals surface area contributed by atoms with Crippen LogP contribution in [0.2, 0.25) is 0 Å². The van der Waals surface area contributed by atoms with Gasteiger partial charge >= 0.3 is 5.97 Å². The summed E-state index contributed by atoms with van der Waals surface area (Å²) in [5.41, 5.74) is -0.227. The van der Waals surface area contributed by atoms with Gasteiger partial charge in [-0.25, -0.2) is 0 Å². The van der Waals surface area contributed by atoms with Crippen LogP contribution in [0.5, 0.6) is 5.88 Å². The highest BCUT2D eigenvalue weighted by molar-refractivity contribution is 7.99. The molecule has 0 aliphatic heterocycles. The van der Waals surface area contributed by atoms with Gasteiger partial charge in [-0.1, -0.05) is 25.6 Å². The Morgan fingerprint density at radius 1 is 1.56 bits per heavy atom. The minimum atomic E-state index is -1.01. The van der Waals surface area contributed by atoms with E-state index in [2.05, 4.69) is 9.97 Å². The molecule has 0 aromatic carbocycles. The number of aromatic hydroxyl groups is 1. The fraction of sp³-hybridized carbons (Fsp3) is 0.444. The van der Waals surface area contributed by atoms with Crippen molar-refractivity contribution in [2.75, 3.05) is 5.75 Å². The fourth-order valence-electron chi connectivity index (χ4n) is 1.17. The second kappa shape index (κ2) is 5.02.